The van der Waals surface area contributed by atoms with Crippen LogP contribution in [-0.2, 0) is 19.1 Å². The molecule has 0 saturated carbocycles. The van der Waals surface area contributed by atoms with Crippen LogP contribution in [0, 0.1) is 17.2 Å². The van der Waals surface area contributed by atoms with Crippen molar-refractivity contribution in [3.63, 3.8) is 0 Å². The molecule has 3 atom stereocenters. The Balaban J connectivity index is 2.67. The van der Waals surface area contributed by atoms with E-state index < -0.39 is 23.8 Å². The Kier molecular flexibility index (Phi) is 5.24. The Morgan fingerprint density at radius 3 is 2.54 bits per heavy atom. The van der Waals surface area contributed by atoms with Crippen molar-refractivity contribution in [3.05, 3.63) is 46.7 Å². The van der Waals surface area contributed by atoms with Crippen molar-refractivity contribution in [2.75, 3.05) is 14.2 Å². The number of carbonyl (C=O) groups is 2. The molecule has 2 rings (SSSR count). The van der Waals surface area contributed by atoms with Crippen LogP contribution < -0.4 is 5.32 Å². The van der Waals surface area contributed by atoms with E-state index in [1.165, 1.54) is 14.2 Å². The molecule has 0 bridgehead atoms. The van der Waals surface area contributed by atoms with E-state index in [-0.39, 0.29) is 6.04 Å². The summed E-state index contributed by atoms with van der Waals surface area (Å²) in [4.78, 5) is 24.7. The Labute approximate surface area is 141 Å². The molecule has 24 heavy (non-hydrogen) atoms. The third kappa shape index (κ3) is 3.11. The number of hydrogen-bond donors (Lipinski definition) is 1. The molecule has 1 N–H and O–H groups in total. The summed E-state index contributed by atoms with van der Waals surface area (Å²) in [6, 6.07) is 8.75. The molecule has 0 saturated heterocycles. The minimum atomic E-state index is -0.609. The number of nitriles is 1. The Morgan fingerprint density at radius 2 is 1.96 bits per heavy atom. The van der Waals surface area contributed by atoms with Crippen LogP contribution in [0.25, 0.3) is 0 Å². The van der Waals surface area contributed by atoms with E-state index in [1.54, 1.807) is 31.2 Å². The van der Waals surface area contributed by atoms with Crippen molar-refractivity contribution in [2.24, 2.45) is 5.92 Å². The Hall–Kier alpha value is -2.81. The van der Waals surface area contributed by atoms with E-state index in [2.05, 4.69) is 11.4 Å². The van der Waals surface area contributed by atoms with Gasteiger partial charge in [-0.1, -0.05) is 12.1 Å². The lowest BCUT2D eigenvalue weighted by Gasteiger charge is -2.37. The molecule has 0 fully saturated rings. The topological polar surface area (TPSA) is 88.4 Å². The van der Waals surface area contributed by atoms with E-state index in [9.17, 15) is 9.59 Å². The monoisotopic (exact) mass is 328 g/mol. The molecule has 1 heterocycles. The molecule has 0 aliphatic carbocycles. The van der Waals surface area contributed by atoms with Crippen molar-refractivity contribution in [1.29, 1.82) is 5.26 Å². The summed E-state index contributed by atoms with van der Waals surface area (Å²) < 4.78 is 9.86. The first-order valence-corrected chi connectivity index (χ1v) is 7.58. The summed E-state index contributed by atoms with van der Waals surface area (Å²) in [5.41, 5.74) is 2.20. The molecule has 6 heteroatoms. The van der Waals surface area contributed by atoms with E-state index >= 15 is 0 Å². The lowest BCUT2D eigenvalue weighted by Crippen LogP contribution is -2.47. The van der Waals surface area contributed by atoms with Gasteiger partial charge >= 0.3 is 11.9 Å². The smallest absolute Gasteiger partial charge is 0.336 e. The lowest BCUT2D eigenvalue weighted by atomic mass is 9.73. The van der Waals surface area contributed by atoms with Gasteiger partial charge in [-0.2, -0.15) is 5.26 Å². The molecule has 1 aliphatic heterocycles. The lowest BCUT2D eigenvalue weighted by molar-refractivity contribution is -0.147. The number of ether oxygens (including phenoxy) is 2. The third-order valence-electron chi connectivity index (χ3n) is 4.31. The molecule has 1 aromatic rings. The normalized spacial score (nSPS) is 23.0. The van der Waals surface area contributed by atoms with Gasteiger partial charge in [0.15, 0.2) is 0 Å². The van der Waals surface area contributed by atoms with Crippen molar-refractivity contribution >= 4 is 11.9 Å². The number of allylic oxidation sites excluding steroid dienone is 1. The van der Waals surface area contributed by atoms with Crippen LogP contribution in [0.4, 0.5) is 0 Å². The summed E-state index contributed by atoms with van der Waals surface area (Å²) in [7, 11) is 2.62. The first-order valence-electron chi connectivity index (χ1n) is 7.58. The number of methoxy groups -OCH3 is 2. The highest BCUT2D eigenvalue weighted by Gasteiger charge is 2.44. The highest BCUT2D eigenvalue weighted by Crippen LogP contribution is 2.40. The standard InChI is InChI=1S/C18H20N2O4/c1-10-14(17(21)23-3)16(13-7-5-6-12(8-13)9-19)15(11(2)20-10)18(22)24-4/h5-8,10,14,16,20H,1-4H3. The molecule has 126 valence electrons. The molecular weight excluding hydrogens is 308 g/mol. The summed E-state index contributed by atoms with van der Waals surface area (Å²) in [5, 5.41) is 12.3. The molecule has 3 unspecified atom stereocenters. The zero-order valence-electron chi connectivity index (χ0n) is 14.1. The second-order valence-electron chi connectivity index (χ2n) is 5.73. The molecular formula is C18H20N2O4. The van der Waals surface area contributed by atoms with Gasteiger partial charge in [-0.15, -0.1) is 0 Å². The molecule has 0 amide bonds. The number of esters is 2. The van der Waals surface area contributed by atoms with Gasteiger partial charge in [0.1, 0.15) is 0 Å². The van der Waals surface area contributed by atoms with Crippen LogP contribution in [0.2, 0.25) is 0 Å². The van der Waals surface area contributed by atoms with Crippen LogP contribution in [0.3, 0.4) is 0 Å². The second kappa shape index (κ2) is 7.18. The van der Waals surface area contributed by atoms with Gasteiger partial charge in [-0.05, 0) is 31.5 Å². The molecule has 1 aliphatic rings. The number of nitrogens with zero attached hydrogens (tertiary/aromatic N) is 1. The average Bonchev–Trinajstić information content (AvgIpc) is 2.59. The van der Waals surface area contributed by atoms with Crippen molar-refractivity contribution in [3.8, 4) is 6.07 Å². The van der Waals surface area contributed by atoms with Crippen LogP contribution >= 0.6 is 0 Å². The third-order valence-corrected chi connectivity index (χ3v) is 4.31. The van der Waals surface area contributed by atoms with Gasteiger partial charge < -0.3 is 14.8 Å². The number of benzene rings is 1. The minimum Gasteiger partial charge on any atom is -0.469 e. The quantitative estimate of drug-likeness (QED) is 0.852. The SMILES string of the molecule is COC(=O)C1=C(C)NC(C)C(C(=O)OC)C1c1cccc(C#N)c1. The first-order chi connectivity index (χ1) is 11.4. The van der Waals surface area contributed by atoms with E-state index in [4.69, 9.17) is 14.7 Å². The Bertz CT molecular complexity index is 733. The predicted octanol–water partition coefficient (Wildman–Crippen LogP) is 1.87. The summed E-state index contributed by atoms with van der Waals surface area (Å²) in [5.74, 6) is -2.08. The van der Waals surface area contributed by atoms with Crippen LogP contribution in [0.15, 0.2) is 35.5 Å². The molecule has 6 nitrogen and oxygen atoms in total. The maximum Gasteiger partial charge on any atom is 0.336 e. The average molecular weight is 328 g/mol. The van der Waals surface area contributed by atoms with Gasteiger partial charge in [0.2, 0.25) is 0 Å². The largest absolute Gasteiger partial charge is 0.469 e. The summed E-state index contributed by atoms with van der Waals surface area (Å²) >= 11 is 0. The van der Waals surface area contributed by atoms with E-state index in [0.29, 0.717) is 22.4 Å². The van der Waals surface area contributed by atoms with Crippen LogP contribution in [0.1, 0.15) is 30.9 Å². The van der Waals surface area contributed by atoms with Gasteiger partial charge in [0.25, 0.3) is 0 Å². The fourth-order valence-corrected chi connectivity index (χ4v) is 3.25. The number of carbonyl (C=O) groups excluding carboxylic acids is 2. The molecule has 1 aromatic carbocycles. The second-order valence-corrected chi connectivity index (χ2v) is 5.73. The van der Waals surface area contributed by atoms with Gasteiger partial charge in [0, 0.05) is 17.7 Å². The Morgan fingerprint density at radius 1 is 1.25 bits per heavy atom. The first kappa shape index (κ1) is 17.5. The van der Waals surface area contributed by atoms with Crippen molar-refractivity contribution in [2.45, 2.75) is 25.8 Å². The van der Waals surface area contributed by atoms with Gasteiger partial charge in [0.05, 0.1) is 37.3 Å². The summed E-state index contributed by atoms with van der Waals surface area (Å²) in [6.45, 7) is 3.64. The highest BCUT2D eigenvalue weighted by atomic mass is 16.5. The van der Waals surface area contributed by atoms with Gasteiger partial charge in [-0.25, -0.2) is 4.79 Å². The fraction of sp³-hybridized carbons (Fsp3) is 0.389. The van der Waals surface area contributed by atoms with Gasteiger partial charge in [-0.3, -0.25) is 4.79 Å². The maximum absolute atomic E-state index is 12.4. The molecule has 0 aromatic heterocycles. The zero-order valence-corrected chi connectivity index (χ0v) is 14.1. The van der Waals surface area contributed by atoms with E-state index in [0.717, 1.165) is 0 Å². The molecule has 0 spiro atoms. The van der Waals surface area contributed by atoms with Crippen LogP contribution in [-0.4, -0.2) is 32.2 Å². The fourth-order valence-electron chi connectivity index (χ4n) is 3.25. The zero-order chi connectivity index (χ0) is 17.9. The highest BCUT2D eigenvalue weighted by molar-refractivity contribution is 5.93. The van der Waals surface area contributed by atoms with Crippen molar-refractivity contribution < 1.29 is 19.1 Å². The van der Waals surface area contributed by atoms with E-state index in [1.807, 2.05) is 6.92 Å². The van der Waals surface area contributed by atoms with Crippen molar-refractivity contribution in [1.82, 2.24) is 5.32 Å². The molecule has 0 radical (unpaired) electrons. The number of hydrogen-bond acceptors (Lipinski definition) is 6. The van der Waals surface area contributed by atoms with Crippen LogP contribution in [0.5, 0.6) is 0 Å². The maximum atomic E-state index is 12.4. The summed E-state index contributed by atoms with van der Waals surface area (Å²) in [6.07, 6.45) is 0. The minimum absolute atomic E-state index is 0.235. The number of nitrogens with one attached hydrogen (secondary N) is 1. The number of rotatable bonds is 3. The predicted molar refractivity (Wildman–Crippen MR) is 86.7 cm³/mol.